The van der Waals surface area contributed by atoms with Crippen LogP contribution in [0, 0.1) is 5.92 Å². The third-order valence-electron chi connectivity index (χ3n) is 4.69. The van der Waals surface area contributed by atoms with Gasteiger partial charge in [-0.15, -0.1) is 21.5 Å². The number of piperidine rings is 1. The topological polar surface area (TPSA) is 92.3 Å². The third kappa shape index (κ3) is 5.09. The zero-order chi connectivity index (χ0) is 21.0. The van der Waals surface area contributed by atoms with Crippen molar-refractivity contribution in [3.8, 4) is 0 Å². The van der Waals surface area contributed by atoms with E-state index in [2.05, 4.69) is 27.6 Å². The number of hydrogen-bond acceptors (Lipinski definition) is 8. The summed E-state index contributed by atoms with van der Waals surface area (Å²) >= 11 is 4.09. The van der Waals surface area contributed by atoms with Gasteiger partial charge in [-0.1, -0.05) is 59.5 Å². The summed E-state index contributed by atoms with van der Waals surface area (Å²) in [4.78, 5) is 12.7. The van der Waals surface area contributed by atoms with Gasteiger partial charge in [0.2, 0.25) is 11.0 Å². The van der Waals surface area contributed by atoms with Crippen molar-refractivity contribution < 1.29 is 13.2 Å². The molecule has 1 aliphatic rings. The van der Waals surface area contributed by atoms with Crippen LogP contribution >= 0.6 is 34.4 Å². The van der Waals surface area contributed by atoms with E-state index in [4.69, 9.17) is 0 Å². The molecule has 11 heteroatoms. The number of anilines is 1. The van der Waals surface area contributed by atoms with Crippen LogP contribution in [0.1, 0.15) is 18.4 Å². The maximum absolute atomic E-state index is 12.7. The number of thioether (sulfide) groups is 1. The first-order valence-electron chi connectivity index (χ1n) is 9.37. The van der Waals surface area contributed by atoms with Crippen LogP contribution in [0.25, 0.3) is 0 Å². The first-order valence-corrected chi connectivity index (χ1v) is 13.5. The third-order valence-corrected chi connectivity index (χ3v) is 9.97. The lowest BCUT2D eigenvalue weighted by atomic mass is 9.99. The fourth-order valence-corrected chi connectivity index (χ4v) is 7.54. The number of benzene rings is 1. The molecule has 0 saturated carbocycles. The van der Waals surface area contributed by atoms with Crippen LogP contribution in [0.2, 0.25) is 0 Å². The quantitative estimate of drug-likeness (QED) is 0.407. The highest BCUT2D eigenvalue weighted by atomic mass is 32.2. The Balaban J connectivity index is 1.34. The van der Waals surface area contributed by atoms with Crippen molar-refractivity contribution in [2.75, 3.05) is 18.4 Å². The predicted molar refractivity (Wildman–Crippen MR) is 120 cm³/mol. The zero-order valence-electron chi connectivity index (χ0n) is 15.9. The number of thiophene rings is 1. The fourth-order valence-electron chi connectivity index (χ4n) is 3.16. The maximum atomic E-state index is 12.7. The molecular formula is C19H20N4O3S4. The van der Waals surface area contributed by atoms with Crippen LogP contribution in [0.3, 0.4) is 0 Å². The highest BCUT2D eigenvalue weighted by Gasteiger charge is 2.34. The minimum absolute atomic E-state index is 0.181. The molecule has 3 aromatic rings. The summed E-state index contributed by atoms with van der Waals surface area (Å²) in [5.74, 6) is 0.163. The van der Waals surface area contributed by atoms with E-state index in [0.29, 0.717) is 28.7 Å². The number of sulfonamides is 1. The molecular weight excluding hydrogens is 461 g/mol. The largest absolute Gasteiger partial charge is 0.300 e. The number of amides is 1. The molecule has 158 valence electrons. The summed E-state index contributed by atoms with van der Waals surface area (Å²) in [6.07, 6.45) is 1.30. The molecule has 4 rings (SSSR count). The van der Waals surface area contributed by atoms with Crippen LogP contribution in [0.4, 0.5) is 5.13 Å². The molecule has 0 radical (unpaired) electrons. The van der Waals surface area contributed by atoms with Crippen LogP contribution in [-0.2, 0) is 20.6 Å². The van der Waals surface area contributed by atoms with E-state index in [9.17, 15) is 13.2 Å². The van der Waals surface area contributed by atoms with Crippen molar-refractivity contribution in [1.29, 1.82) is 0 Å². The smallest absolute Gasteiger partial charge is 0.252 e. The van der Waals surface area contributed by atoms with Crippen LogP contribution in [-0.4, -0.2) is 41.9 Å². The van der Waals surface area contributed by atoms with Crippen LogP contribution in [0.15, 0.2) is 56.4 Å². The number of carbonyl (C=O) groups excluding carboxylic acids is 1. The second kappa shape index (κ2) is 9.56. The summed E-state index contributed by atoms with van der Waals surface area (Å²) in [6.45, 7) is 0.615. The summed E-state index contributed by atoms with van der Waals surface area (Å²) in [6, 6.07) is 13.4. The van der Waals surface area contributed by atoms with E-state index in [-0.39, 0.29) is 12.5 Å². The first-order chi connectivity index (χ1) is 14.5. The molecule has 1 atom stereocenters. The molecule has 30 heavy (non-hydrogen) atoms. The number of nitrogens with zero attached hydrogens (tertiary/aromatic N) is 3. The second-order valence-corrected chi connectivity index (χ2v) is 12.1. The minimum Gasteiger partial charge on any atom is -0.300 e. The number of aromatic nitrogens is 2. The molecule has 1 amide bonds. The standard InChI is InChI=1S/C19H20N4O3S4/c24-17(15-8-4-10-23(12-15)30(25,26)16-9-5-11-27-16)20-18-21-22-19(29-18)28-13-14-6-2-1-3-7-14/h1-3,5-7,9,11,15H,4,8,10,12-13H2,(H,20,21,24)/t15-/m0/s1. The lowest BCUT2D eigenvalue weighted by Gasteiger charge is -2.30. The van der Waals surface area contributed by atoms with Gasteiger partial charge in [0.1, 0.15) is 4.21 Å². The monoisotopic (exact) mass is 480 g/mol. The Morgan fingerprint density at radius 2 is 2.03 bits per heavy atom. The Labute approximate surface area is 187 Å². The molecule has 1 saturated heterocycles. The van der Waals surface area contributed by atoms with Gasteiger partial charge in [0, 0.05) is 18.8 Å². The molecule has 0 aliphatic carbocycles. The van der Waals surface area contributed by atoms with Gasteiger partial charge in [-0.05, 0) is 29.9 Å². The van der Waals surface area contributed by atoms with E-state index in [1.165, 1.54) is 32.5 Å². The van der Waals surface area contributed by atoms with Gasteiger partial charge in [-0.2, -0.15) is 4.31 Å². The molecule has 0 bridgehead atoms. The Morgan fingerprint density at radius 3 is 2.80 bits per heavy atom. The predicted octanol–water partition coefficient (Wildman–Crippen LogP) is 3.93. The first kappa shape index (κ1) is 21.4. The van der Waals surface area contributed by atoms with E-state index in [1.54, 1.807) is 29.3 Å². The Morgan fingerprint density at radius 1 is 1.20 bits per heavy atom. The van der Waals surface area contributed by atoms with E-state index >= 15 is 0 Å². The van der Waals surface area contributed by atoms with E-state index in [0.717, 1.165) is 10.1 Å². The second-order valence-electron chi connectivity index (χ2n) is 6.77. The number of nitrogens with one attached hydrogen (secondary N) is 1. The van der Waals surface area contributed by atoms with E-state index < -0.39 is 15.9 Å². The lowest BCUT2D eigenvalue weighted by Crippen LogP contribution is -2.43. The number of carbonyl (C=O) groups is 1. The van der Waals surface area contributed by atoms with Crippen molar-refractivity contribution in [3.63, 3.8) is 0 Å². The highest BCUT2D eigenvalue weighted by molar-refractivity contribution is 8.00. The molecule has 3 heterocycles. The SMILES string of the molecule is O=C(Nc1nnc(SCc2ccccc2)s1)[C@H]1CCCN(S(=O)(=O)c2cccs2)C1. The summed E-state index contributed by atoms with van der Waals surface area (Å²) in [7, 11) is -3.54. The normalized spacial score (nSPS) is 17.7. The average Bonchev–Trinajstić information content (AvgIpc) is 3.46. The molecule has 1 aromatic carbocycles. The van der Waals surface area contributed by atoms with Crippen molar-refractivity contribution >= 4 is 55.5 Å². The zero-order valence-corrected chi connectivity index (χ0v) is 19.2. The molecule has 1 fully saturated rings. The van der Waals surface area contributed by atoms with Crippen molar-refractivity contribution in [2.24, 2.45) is 5.92 Å². The van der Waals surface area contributed by atoms with Gasteiger partial charge in [-0.25, -0.2) is 8.42 Å². The van der Waals surface area contributed by atoms with Crippen molar-refractivity contribution in [1.82, 2.24) is 14.5 Å². The van der Waals surface area contributed by atoms with Crippen molar-refractivity contribution in [2.45, 2.75) is 27.1 Å². The average molecular weight is 481 g/mol. The molecule has 0 unspecified atom stereocenters. The van der Waals surface area contributed by atoms with Gasteiger partial charge in [0.15, 0.2) is 4.34 Å². The van der Waals surface area contributed by atoms with E-state index in [1.807, 2.05) is 18.2 Å². The molecule has 1 N–H and O–H groups in total. The Hall–Kier alpha value is -1.79. The molecule has 1 aliphatic heterocycles. The van der Waals surface area contributed by atoms with Crippen LogP contribution in [0.5, 0.6) is 0 Å². The fraction of sp³-hybridized carbons (Fsp3) is 0.316. The molecule has 0 spiro atoms. The number of rotatable bonds is 7. The number of hydrogen-bond donors (Lipinski definition) is 1. The minimum atomic E-state index is -3.54. The van der Waals surface area contributed by atoms with Gasteiger partial charge in [-0.3, -0.25) is 4.79 Å². The molecule has 2 aromatic heterocycles. The Bertz CT molecular complexity index is 1080. The lowest BCUT2D eigenvalue weighted by molar-refractivity contribution is -0.120. The van der Waals surface area contributed by atoms with Gasteiger partial charge in [0.05, 0.1) is 5.92 Å². The van der Waals surface area contributed by atoms with Crippen LogP contribution < -0.4 is 5.32 Å². The van der Waals surface area contributed by atoms with Gasteiger partial charge < -0.3 is 5.32 Å². The highest BCUT2D eigenvalue weighted by Crippen LogP contribution is 2.30. The Kier molecular flexibility index (Phi) is 6.84. The van der Waals surface area contributed by atoms with Gasteiger partial charge in [0.25, 0.3) is 10.0 Å². The molecule has 7 nitrogen and oxygen atoms in total. The summed E-state index contributed by atoms with van der Waals surface area (Å²) in [5, 5.41) is 13.2. The summed E-state index contributed by atoms with van der Waals surface area (Å²) in [5.41, 5.74) is 1.19. The van der Waals surface area contributed by atoms with Gasteiger partial charge >= 0.3 is 0 Å². The summed E-state index contributed by atoms with van der Waals surface area (Å²) < 4.78 is 28.0. The maximum Gasteiger partial charge on any atom is 0.252 e. The van der Waals surface area contributed by atoms with Crippen molar-refractivity contribution in [3.05, 3.63) is 53.4 Å².